The summed E-state index contributed by atoms with van der Waals surface area (Å²) < 4.78 is 12.3. The van der Waals surface area contributed by atoms with Crippen molar-refractivity contribution in [3.05, 3.63) is 35.6 Å². The molecule has 0 unspecified atom stereocenters. The van der Waals surface area contributed by atoms with Gasteiger partial charge in [0.25, 0.3) is 0 Å². The molecule has 0 aromatic heterocycles. The van der Waals surface area contributed by atoms with Crippen molar-refractivity contribution in [1.29, 1.82) is 0 Å². The third-order valence-corrected chi connectivity index (χ3v) is 1.45. The lowest BCUT2D eigenvalue weighted by Gasteiger charge is -1.95. The molecule has 0 aliphatic heterocycles. The molecule has 0 aliphatic carbocycles. The zero-order valence-corrected chi connectivity index (χ0v) is 8.10. The van der Waals surface area contributed by atoms with Crippen molar-refractivity contribution in [3.63, 3.8) is 0 Å². The third kappa shape index (κ3) is 4.12. The first-order chi connectivity index (χ1) is 5.83. The summed E-state index contributed by atoms with van der Waals surface area (Å²) in [5, 5.41) is 0. The molecule has 0 N–H and O–H groups in total. The second kappa shape index (κ2) is 6.84. The van der Waals surface area contributed by atoms with E-state index in [1.165, 1.54) is 17.7 Å². The highest BCUT2D eigenvalue weighted by molar-refractivity contribution is 5.15. The van der Waals surface area contributed by atoms with Gasteiger partial charge in [-0.2, -0.15) is 0 Å². The molecular formula is C11H17F. The molecule has 0 fully saturated rings. The van der Waals surface area contributed by atoms with E-state index < -0.39 is 0 Å². The summed E-state index contributed by atoms with van der Waals surface area (Å²) in [4.78, 5) is 0. The molecule has 1 aromatic carbocycles. The van der Waals surface area contributed by atoms with Crippen molar-refractivity contribution in [3.8, 4) is 0 Å². The fourth-order valence-corrected chi connectivity index (χ4v) is 0.940. The Morgan fingerprint density at radius 2 is 1.58 bits per heavy atom. The molecule has 1 aromatic rings. The standard InChI is InChI=1S/C9H11F.C2H6/c1-2-3-8-4-6-9(10)7-5-8;1-2/h4-7H,2-3H2,1H3;1-2H3. The summed E-state index contributed by atoms with van der Waals surface area (Å²) >= 11 is 0. The molecule has 0 bridgehead atoms. The van der Waals surface area contributed by atoms with Crippen molar-refractivity contribution >= 4 is 0 Å². The fourth-order valence-electron chi connectivity index (χ4n) is 0.940. The highest BCUT2D eigenvalue weighted by Crippen LogP contribution is 2.04. The average Bonchev–Trinajstić information content (AvgIpc) is 2.13. The van der Waals surface area contributed by atoms with Crippen LogP contribution in [0.25, 0.3) is 0 Å². The molecule has 0 heterocycles. The van der Waals surface area contributed by atoms with E-state index in [1.807, 2.05) is 26.0 Å². The van der Waals surface area contributed by atoms with Gasteiger partial charge in [0.15, 0.2) is 0 Å². The first kappa shape index (κ1) is 11.2. The van der Waals surface area contributed by atoms with Gasteiger partial charge in [-0.3, -0.25) is 0 Å². The summed E-state index contributed by atoms with van der Waals surface area (Å²) in [5.41, 5.74) is 1.21. The van der Waals surface area contributed by atoms with Gasteiger partial charge in [-0.1, -0.05) is 39.3 Å². The van der Waals surface area contributed by atoms with Gasteiger partial charge in [0.1, 0.15) is 5.82 Å². The van der Waals surface area contributed by atoms with Crippen molar-refractivity contribution in [1.82, 2.24) is 0 Å². The monoisotopic (exact) mass is 168 g/mol. The predicted molar refractivity (Wildman–Crippen MR) is 51.7 cm³/mol. The molecule has 1 heteroatoms. The van der Waals surface area contributed by atoms with Crippen LogP contribution < -0.4 is 0 Å². The van der Waals surface area contributed by atoms with Crippen molar-refractivity contribution in [2.24, 2.45) is 0 Å². The van der Waals surface area contributed by atoms with E-state index in [2.05, 4.69) is 6.92 Å². The highest BCUT2D eigenvalue weighted by atomic mass is 19.1. The van der Waals surface area contributed by atoms with Crippen LogP contribution in [-0.4, -0.2) is 0 Å². The zero-order chi connectivity index (χ0) is 9.40. The number of rotatable bonds is 2. The van der Waals surface area contributed by atoms with Crippen LogP contribution >= 0.6 is 0 Å². The number of benzene rings is 1. The number of halogens is 1. The van der Waals surface area contributed by atoms with E-state index in [9.17, 15) is 4.39 Å². The summed E-state index contributed by atoms with van der Waals surface area (Å²) in [7, 11) is 0. The first-order valence-electron chi connectivity index (χ1n) is 4.57. The Morgan fingerprint density at radius 1 is 1.08 bits per heavy atom. The number of hydrogen-bond donors (Lipinski definition) is 0. The minimum absolute atomic E-state index is 0.153. The van der Waals surface area contributed by atoms with Gasteiger partial charge in [0, 0.05) is 0 Å². The van der Waals surface area contributed by atoms with Gasteiger partial charge in [-0.05, 0) is 24.1 Å². The first-order valence-corrected chi connectivity index (χ1v) is 4.57. The van der Waals surface area contributed by atoms with E-state index in [1.54, 1.807) is 0 Å². The zero-order valence-electron chi connectivity index (χ0n) is 8.10. The van der Waals surface area contributed by atoms with E-state index in [-0.39, 0.29) is 5.82 Å². The molecule has 0 radical (unpaired) electrons. The Kier molecular flexibility index (Phi) is 6.35. The Labute approximate surface area is 74.4 Å². The third-order valence-electron chi connectivity index (χ3n) is 1.45. The van der Waals surface area contributed by atoms with Crippen LogP contribution in [0.3, 0.4) is 0 Å². The summed E-state index contributed by atoms with van der Waals surface area (Å²) in [6, 6.07) is 6.67. The molecule has 0 saturated heterocycles. The largest absolute Gasteiger partial charge is 0.207 e. The topological polar surface area (TPSA) is 0 Å². The normalized spacial score (nSPS) is 8.67. The molecular weight excluding hydrogens is 151 g/mol. The smallest absolute Gasteiger partial charge is 0.123 e. The quantitative estimate of drug-likeness (QED) is 0.630. The van der Waals surface area contributed by atoms with Crippen molar-refractivity contribution in [2.75, 3.05) is 0 Å². The van der Waals surface area contributed by atoms with Crippen LogP contribution in [0.1, 0.15) is 32.8 Å². The Hall–Kier alpha value is -0.850. The van der Waals surface area contributed by atoms with E-state index in [4.69, 9.17) is 0 Å². The van der Waals surface area contributed by atoms with Crippen LogP contribution in [0.15, 0.2) is 24.3 Å². The fraction of sp³-hybridized carbons (Fsp3) is 0.455. The second-order valence-electron chi connectivity index (χ2n) is 2.38. The van der Waals surface area contributed by atoms with Crippen molar-refractivity contribution < 1.29 is 4.39 Å². The Balaban J connectivity index is 0.000000561. The van der Waals surface area contributed by atoms with Gasteiger partial charge >= 0.3 is 0 Å². The molecule has 0 saturated carbocycles. The SMILES string of the molecule is CC.CCCc1ccc(F)cc1. The van der Waals surface area contributed by atoms with Gasteiger partial charge < -0.3 is 0 Å². The molecule has 12 heavy (non-hydrogen) atoms. The summed E-state index contributed by atoms with van der Waals surface area (Å²) in [6.45, 7) is 6.11. The van der Waals surface area contributed by atoms with Gasteiger partial charge in [0.2, 0.25) is 0 Å². The van der Waals surface area contributed by atoms with Crippen LogP contribution in [0.5, 0.6) is 0 Å². The Morgan fingerprint density at radius 3 is 2.00 bits per heavy atom. The molecule has 68 valence electrons. The van der Waals surface area contributed by atoms with Gasteiger partial charge in [-0.15, -0.1) is 0 Å². The maximum Gasteiger partial charge on any atom is 0.123 e. The van der Waals surface area contributed by atoms with E-state index in [0.29, 0.717) is 0 Å². The van der Waals surface area contributed by atoms with Gasteiger partial charge in [-0.25, -0.2) is 4.39 Å². The molecule has 0 amide bonds. The highest BCUT2D eigenvalue weighted by Gasteiger charge is 1.90. The summed E-state index contributed by atoms with van der Waals surface area (Å²) in [5.74, 6) is -0.153. The lowest BCUT2D eigenvalue weighted by molar-refractivity contribution is 0.627. The van der Waals surface area contributed by atoms with Crippen LogP contribution in [0, 0.1) is 5.82 Å². The van der Waals surface area contributed by atoms with E-state index >= 15 is 0 Å². The Bertz CT molecular complexity index is 189. The van der Waals surface area contributed by atoms with Crippen LogP contribution in [0.2, 0.25) is 0 Å². The maximum atomic E-state index is 12.3. The second-order valence-corrected chi connectivity index (χ2v) is 2.38. The van der Waals surface area contributed by atoms with Gasteiger partial charge in [0.05, 0.1) is 0 Å². The maximum absolute atomic E-state index is 12.3. The molecule has 0 spiro atoms. The van der Waals surface area contributed by atoms with Crippen molar-refractivity contribution in [2.45, 2.75) is 33.6 Å². The van der Waals surface area contributed by atoms with Crippen LogP contribution in [-0.2, 0) is 6.42 Å². The van der Waals surface area contributed by atoms with Crippen LogP contribution in [0.4, 0.5) is 4.39 Å². The molecule has 0 aliphatic rings. The number of hydrogen-bond acceptors (Lipinski definition) is 0. The lowest BCUT2D eigenvalue weighted by atomic mass is 10.1. The molecule has 0 atom stereocenters. The van der Waals surface area contributed by atoms with E-state index in [0.717, 1.165) is 12.8 Å². The molecule has 0 nitrogen and oxygen atoms in total. The number of aryl methyl sites for hydroxylation is 1. The summed E-state index contributed by atoms with van der Waals surface area (Å²) in [6.07, 6.45) is 2.16. The average molecular weight is 168 g/mol. The predicted octanol–water partition coefficient (Wildman–Crippen LogP) is 3.80. The minimum Gasteiger partial charge on any atom is -0.207 e. The lowest BCUT2D eigenvalue weighted by Crippen LogP contribution is -1.81. The minimum atomic E-state index is -0.153. The molecule has 1 rings (SSSR count).